The number of hydrogen-bond acceptors (Lipinski definition) is 4. The summed E-state index contributed by atoms with van der Waals surface area (Å²) in [4.78, 5) is 22.2. The molecule has 0 atom stereocenters. The first kappa shape index (κ1) is 17.7. The van der Waals surface area contributed by atoms with Gasteiger partial charge in [-0.15, -0.1) is 0 Å². The van der Waals surface area contributed by atoms with Gasteiger partial charge >= 0.3 is 0 Å². The molecule has 1 aromatic heterocycles. The first-order chi connectivity index (χ1) is 11.8. The van der Waals surface area contributed by atoms with E-state index in [9.17, 15) is 13.2 Å². The number of amides is 1. The number of nitrogens with zero attached hydrogens (tertiary/aromatic N) is 2. The van der Waals surface area contributed by atoms with Crippen molar-refractivity contribution < 1.29 is 13.2 Å². The first-order valence-electron chi connectivity index (χ1n) is 8.43. The summed E-state index contributed by atoms with van der Waals surface area (Å²) in [6.45, 7) is 3.11. The molecule has 1 aliphatic heterocycles. The van der Waals surface area contributed by atoms with Gasteiger partial charge in [0, 0.05) is 43.7 Å². The van der Waals surface area contributed by atoms with E-state index < -0.39 is 9.84 Å². The molecule has 0 bridgehead atoms. The Balaban J connectivity index is 1.67. The third kappa shape index (κ3) is 4.10. The summed E-state index contributed by atoms with van der Waals surface area (Å²) in [5, 5.41) is 0. The molecule has 0 saturated carbocycles. The van der Waals surface area contributed by atoms with Crippen LogP contribution in [0, 0.1) is 12.8 Å². The van der Waals surface area contributed by atoms with Crippen LogP contribution in [0.5, 0.6) is 0 Å². The van der Waals surface area contributed by atoms with Crippen LogP contribution >= 0.6 is 0 Å². The number of sulfone groups is 1. The zero-order valence-corrected chi connectivity index (χ0v) is 15.3. The van der Waals surface area contributed by atoms with Gasteiger partial charge in [0.25, 0.3) is 5.91 Å². The van der Waals surface area contributed by atoms with E-state index in [0.29, 0.717) is 30.1 Å². The maximum absolute atomic E-state index is 12.7. The van der Waals surface area contributed by atoms with Crippen molar-refractivity contribution in [3.8, 4) is 0 Å². The van der Waals surface area contributed by atoms with Crippen molar-refractivity contribution in [2.24, 2.45) is 5.92 Å². The smallest absolute Gasteiger partial charge is 0.253 e. The first-order valence-corrected chi connectivity index (χ1v) is 10.3. The number of nitrogens with one attached hydrogen (secondary N) is 1. The van der Waals surface area contributed by atoms with Gasteiger partial charge in [-0.1, -0.05) is 6.07 Å². The van der Waals surface area contributed by atoms with Gasteiger partial charge in [-0.2, -0.15) is 0 Å². The van der Waals surface area contributed by atoms with Crippen LogP contribution in [0.15, 0.2) is 35.5 Å². The van der Waals surface area contributed by atoms with Crippen molar-refractivity contribution in [2.75, 3.05) is 19.3 Å². The number of carbonyl (C=O) groups is 1. The molecule has 3 rings (SSSR count). The highest BCUT2D eigenvalue weighted by Gasteiger charge is 2.25. The number of aromatic nitrogens is 2. The third-order valence-corrected chi connectivity index (χ3v) is 6.01. The van der Waals surface area contributed by atoms with Gasteiger partial charge in [-0.3, -0.25) is 4.79 Å². The highest BCUT2D eigenvalue weighted by atomic mass is 32.2. The van der Waals surface area contributed by atoms with Gasteiger partial charge < -0.3 is 9.88 Å². The summed E-state index contributed by atoms with van der Waals surface area (Å²) in [5.74, 6) is 1.40. The maximum atomic E-state index is 12.7. The Morgan fingerprint density at radius 2 is 2.04 bits per heavy atom. The molecule has 0 spiro atoms. The Morgan fingerprint density at radius 3 is 2.64 bits per heavy atom. The number of piperidine rings is 1. The van der Waals surface area contributed by atoms with Crippen LogP contribution in [0.1, 0.15) is 34.6 Å². The topological polar surface area (TPSA) is 83.1 Å². The standard InChI is InChI=1S/C18H23N3O3S/c1-13-3-4-15(12-16(13)25(2,23)24)18(22)21-9-5-14(6-10-21)11-17-19-7-8-20-17/h3-4,7-8,12,14H,5-6,9-11H2,1-2H3,(H,19,20). The zero-order valence-electron chi connectivity index (χ0n) is 14.5. The van der Waals surface area contributed by atoms with Gasteiger partial charge in [-0.25, -0.2) is 13.4 Å². The molecule has 1 N–H and O–H groups in total. The molecule has 2 heterocycles. The zero-order chi connectivity index (χ0) is 18.0. The van der Waals surface area contributed by atoms with E-state index in [0.717, 1.165) is 25.1 Å². The summed E-state index contributed by atoms with van der Waals surface area (Å²) in [6, 6.07) is 4.91. The molecular weight excluding hydrogens is 338 g/mol. The predicted molar refractivity (Wildman–Crippen MR) is 95.2 cm³/mol. The Morgan fingerprint density at radius 1 is 1.32 bits per heavy atom. The van der Waals surface area contributed by atoms with Crippen LogP contribution in [0.2, 0.25) is 0 Å². The number of aryl methyl sites for hydroxylation is 1. The van der Waals surface area contributed by atoms with Crippen LogP contribution in [-0.4, -0.2) is 48.5 Å². The van der Waals surface area contributed by atoms with E-state index in [1.54, 1.807) is 25.3 Å². The van der Waals surface area contributed by atoms with Crippen LogP contribution in [0.3, 0.4) is 0 Å². The second kappa shape index (κ2) is 7.00. The quantitative estimate of drug-likeness (QED) is 0.905. The number of H-pyrrole nitrogens is 1. The van der Waals surface area contributed by atoms with E-state index in [4.69, 9.17) is 0 Å². The number of rotatable bonds is 4. The second-order valence-electron chi connectivity index (χ2n) is 6.73. The molecule has 1 saturated heterocycles. The number of carbonyl (C=O) groups excluding carboxylic acids is 1. The molecule has 1 aliphatic rings. The normalized spacial score (nSPS) is 16.2. The molecule has 1 amide bonds. The fraction of sp³-hybridized carbons (Fsp3) is 0.444. The van der Waals surface area contributed by atoms with Crippen molar-refractivity contribution in [3.05, 3.63) is 47.5 Å². The van der Waals surface area contributed by atoms with Gasteiger partial charge in [0.1, 0.15) is 5.82 Å². The molecule has 0 aliphatic carbocycles. The average Bonchev–Trinajstić information content (AvgIpc) is 3.07. The molecule has 0 radical (unpaired) electrons. The molecule has 6 nitrogen and oxygen atoms in total. The number of imidazole rings is 1. The third-order valence-electron chi connectivity index (χ3n) is 4.77. The minimum atomic E-state index is -3.34. The number of likely N-dealkylation sites (tertiary alicyclic amines) is 1. The van der Waals surface area contributed by atoms with Crippen LogP contribution in [0.4, 0.5) is 0 Å². The molecular formula is C18H23N3O3S. The fourth-order valence-electron chi connectivity index (χ4n) is 3.34. The lowest BCUT2D eigenvalue weighted by Gasteiger charge is -2.32. The molecule has 1 fully saturated rings. The summed E-state index contributed by atoms with van der Waals surface area (Å²) < 4.78 is 23.7. The van der Waals surface area contributed by atoms with Crippen molar-refractivity contribution in [2.45, 2.75) is 31.1 Å². The molecule has 7 heteroatoms. The largest absolute Gasteiger partial charge is 0.349 e. The molecule has 0 unspecified atom stereocenters. The van der Waals surface area contributed by atoms with E-state index in [1.165, 1.54) is 12.3 Å². The van der Waals surface area contributed by atoms with Crippen molar-refractivity contribution in [1.29, 1.82) is 0 Å². The van der Waals surface area contributed by atoms with Gasteiger partial charge in [-0.05, 0) is 43.4 Å². The SMILES string of the molecule is Cc1ccc(C(=O)N2CCC(Cc3ncc[nH]3)CC2)cc1S(C)(=O)=O. The Labute approximate surface area is 148 Å². The van der Waals surface area contributed by atoms with Crippen molar-refractivity contribution in [1.82, 2.24) is 14.9 Å². The maximum Gasteiger partial charge on any atom is 0.253 e. The van der Waals surface area contributed by atoms with Gasteiger partial charge in [0.15, 0.2) is 9.84 Å². The van der Waals surface area contributed by atoms with E-state index in [1.807, 2.05) is 11.1 Å². The van der Waals surface area contributed by atoms with E-state index in [-0.39, 0.29) is 10.8 Å². The average molecular weight is 361 g/mol. The number of hydrogen-bond donors (Lipinski definition) is 1. The Kier molecular flexibility index (Phi) is 4.94. The fourth-order valence-corrected chi connectivity index (χ4v) is 4.33. The monoisotopic (exact) mass is 361 g/mol. The predicted octanol–water partition coefficient (Wildman–Crippen LogP) is 2.22. The van der Waals surface area contributed by atoms with Crippen LogP contribution < -0.4 is 0 Å². The summed E-state index contributed by atoms with van der Waals surface area (Å²) in [6.07, 6.45) is 7.51. The molecule has 25 heavy (non-hydrogen) atoms. The highest BCUT2D eigenvalue weighted by Crippen LogP contribution is 2.23. The summed E-state index contributed by atoms with van der Waals surface area (Å²) in [5.41, 5.74) is 1.10. The number of benzene rings is 1. The lowest BCUT2D eigenvalue weighted by Crippen LogP contribution is -2.39. The van der Waals surface area contributed by atoms with Crippen LogP contribution in [-0.2, 0) is 16.3 Å². The van der Waals surface area contributed by atoms with Crippen LogP contribution in [0.25, 0.3) is 0 Å². The lowest BCUT2D eigenvalue weighted by atomic mass is 9.93. The number of aromatic amines is 1. The minimum Gasteiger partial charge on any atom is -0.349 e. The van der Waals surface area contributed by atoms with Gasteiger partial charge in [0.2, 0.25) is 0 Å². The van der Waals surface area contributed by atoms with Gasteiger partial charge in [0.05, 0.1) is 4.90 Å². The van der Waals surface area contributed by atoms with E-state index >= 15 is 0 Å². The lowest BCUT2D eigenvalue weighted by molar-refractivity contribution is 0.0689. The Hall–Kier alpha value is -2.15. The second-order valence-corrected chi connectivity index (χ2v) is 8.71. The molecule has 2 aromatic rings. The minimum absolute atomic E-state index is 0.0960. The molecule has 134 valence electrons. The summed E-state index contributed by atoms with van der Waals surface area (Å²) in [7, 11) is -3.34. The molecule has 1 aromatic carbocycles. The summed E-state index contributed by atoms with van der Waals surface area (Å²) >= 11 is 0. The Bertz CT molecular complexity index is 852. The van der Waals surface area contributed by atoms with E-state index in [2.05, 4.69) is 9.97 Å². The van der Waals surface area contributed by atoms with Crippen molar-refractivity contribution in [3.63, 3.8) is 0 Å². The highest BCUT2D eigenvalue weighted by molar-refractivity contribution is 7.90. The van der Waals surface area contributed by atoms with Crippen molar-refractivity contribution >= 4 is 15.7 Å².